The van der Waals surface area contributed by atoms with Crippen LogP contribution in [-0.4, -0.2) is 41.2 Å². The number of aromatic nitrogens is 1. The van der Waals surface area contributed by atoms with Crippen molar-refractivity contribution in [2.75, 3.05) is 5.75 Å². The summed E-state index contributed by atoms with van der Waals surface area (Å²) >= 11 is 0. The van der Waals surface area contributed by atoms with E-state index in [9.17, 15) is 23.1 Å². The zero-order valence-electron chi connectivity index (χ0n) is 17.1. The van der Waals surface area contributed by atoms with Gasteiger partial charge in [0.1, 0.15) is 0 Å². The summed E-state index contributed by atoms with van der Waals surface area (Å²) in [7, 11) is -3.31. The summed E-state index contributed by atoms with van der Waals surface area (Å²) in [6.45, 7) is 5.92. The third-order valence-electron chi connectivity index (χ3n) is 5.24. The topological polar surface area (TPSA) is 117 Å². The SMILES string of the molecule is CCS(=O)(=O)c1ccc(CNC(=O)c2ccc3c(c2)CN(C(=O)O)[C@@H]3C(C)C)nc1. The zero-order chi connectivity index (χ0) is 22.1. The van der Waals surface area contributed by atoms with Crippen molar-refractivity contribution in [3.05, 3.63) is 58.9 Å². The summed E-state index contributed by atoms with van der Waals surface area (Å²) < 4.78 is 23.7. The number of hydrogen-bond donors (Lipinski definition) is 2. The second-order valence-electron chi connectivity index (χ2n) is 7.58. The third-order valence-corrected chi connectivity index (χ3v) is 6.96. The van der Waals surface area contributed by atoms with Gasteiger partial charge < -0.3 is 10.4 Å². The largest absolute Gasteiger partial charge is 0.465 e. The van der Waals surface area contributed by atoms with E-state index in [0.717, 1.165) is 11.1 Å². The number of amides is 2. The lowest BCUT2D eigenvalue weighted by Gasteiger charge is -2.25. The summed E-state index contributed by atoms with van der Waals surface area (Å²) in [6.07, 6.45) is 0.318. The average molecular weight is 432 g/mol. The van der Waals surface area contributed by atoms with Gasteiger partial charge in [-0.3, -0.25) is 14.7 Å². The molecular formula is C21H25N3O5S. The number of carboxylic acid groups (broad SMARTS) is 1. The Balaban J connectivity index is 1.70. The van der Waals surface area contributed by atoms with Crippen LogP contribution in [0.5, 0.6) is 0 Å². The number of nitrogens with one attached hydrogen (secondary N) is 1. The van der Waals surface area contributed by atoms with E-state index in [0.29, 0.717) is 11.3 Å². The lowest BCUT2D eigenvalue weighted by Crippen LogP contribution is -2.30. The molecule has 2 amide bonds. The fourth-order valence-electron chi connectivity index (χ4n) is 3.67. The predicted molar refractivity (Wildman–Crippen MR) is 111 cm³/mol. The van der Waals surface area contributed by atoms with Crippen LogP contribution in [0.2, 0.25) is 0 Å². The Morgan fingerprint density at radius 1 is 1.27 bits per heavy atom. The molecule has 1 aliphatic heterocycles. The molecule has 1 aromatic carbocycles. The molecule has 2 aromatic rings. The van der Waals surface area contributed by atoms with E-state index in [1.807, 2.05) is 19.9 Å². The molecule has 1 aliphatic rings. The van der Waals surface area contributed by atoms with Crippen molar-refractivity contribution in [1.29, 1.82) is 0 Å². The number of carbonyl (C=O) groups is 2. The summed E-state index contributed by atoms with van der Waals surface area (Å²) in [5.74, 6) is -0.188. The van der Waals surface area contributed by atoms with Crippen LogP contribution in [0.4, 0.5) is 4.79 Å². The van der Waals surface area contributed by atoms with Crippen LogP contribution < -0.4 is 5.32 Å². The number of pyridine rings is 1. The molecule has 0 aliphatic carbocycles. The molecule has 9 heteroatoms. The number of sulfone groups is 1. The molecule has 2 heterocycles. The minimum atomic E-state index is -3.31. The summed E-state index contributed by atoms with van der Waals surface area (Å²) in [5.41, 5.74) is 2.74. The van der Waals surface area contributed by atoms with Gasteiger partial charge in [-0.1, -0.05) is 26.8 Å². The number of carbonyl (C=O) groups excluding carboxylic acids is 1. The monoisotopic (exact) mass is 431 g/mol. The highest BCUT2D eigenvalue weighted by Crippen LogP contribution is 2.38. The Kier molecular flexibility index (Phi) is 6.12. The Hall–Kier alpha value is -2.94. The Morgan fingerprint density at radius 3 is 2.57 bits per heavy atom. The van der Waals surface area contributed by atoms with E-state index in [4.69, 9.17) is 0 Å². The lowest BCUT2D eigenvalue weighted by molar-refractivity contribution is 0.0950. The van der Waals surface area contributed by atoms with Crippen LogP contribution in [-0.2, 0) is 22.9 Å². The van der Waals surface area contributed by atoms with E-state index in [-0.39, 0.29) is 41.6 Å². The van der Waals surface area contributed by atoms with E-state index < -0.39 is 15.9 Å². The van der Waals surface area contributed by atoms with E-state index >= 15 is 0 Å². The number of fused-ring (bicyclic) bond motifs is 1. The van der Waals surface area contributed by atoms with Gasteiger partial charge in [0.05, 0.1) is 35.5 Å². The van der Waals surface area contributed by atoms with Crippen molar-refractivity contribution in [1.82, 2.24) is 15.2 Å². The zero-order valence-corrected chi connectivity index (χ0v) is 17.9. The normalized spacial score (nSPS) is 15.9. The van der Waals surface area contributed by atoms with Crippen LogP contribution in [0.1, 0.15) is 54.0 Å². The van der Waals surface area contributed by atoms with Gasteiger partial charge in [0.25, 0.3) is 5.91 Å². The van der Waals surface area contributed by atoms with Crippen molar-refractivity contribution in [2.24, 2.45) is 5.92 Å². The number of rotatable bonds is 6. The van der Waals surface area contributed by atoms with Gasteiger partial charge in [0.2, 0.25) is 0 Å². The highest BCUT2D eigenvalue weighted by atomic mass is 32.2. The van der Waals surface area contributed by atoms with Crippen LogP contribution in [0.3, 0.4) is 0 Å². The lowest BCUT2D eigenvalue weighted by atomic mass is 9.94. The Morgan fingerprint density at radius 2 is 2.00 bits per heavy atom. The van der Waals surface area contributed by atoms with Crippen molar-refractivity contribution in [2.45, 2.75) is 44.8 Å². The van der Waals surface area contributed by atoms with Crippen LogP contribution in [0.25, 0.3) is 0 Å². The molecular weight excluding hydrogens is 406 g/mol. The van der Waals surface area contributed by atoms with Gasteiger partial charge in [-0.15, -0.1) is 0 Å². The van der Waals surface area contributed by atoms with Gasteiger partial charge in [-0.25, -0.2) is 13.2 Å². The Bertz CT molecular complexity index is 1060. The molecule has 3 rings (SSSR count). The van der Waals surface area contributed by atoms with Gasteiger partial charge in [-0.05, 0) is 41.3 Å². The number of benzene rings is 1. The number of nitrogens with zero attached hydrogens (tertiary/aromatic N) is 2. The van der Waals surface area contributed by atoms with Crippen LogP contribution in [0.15, 0.2) is 41.4 Å². The van der Waals surface area contributed by atoms with E-state index in [1.54, 1.807) is 25.1 Å². The molecule has 30 heavy (non-hydrogen) atoms. The minimum Gasteiger partial charge on any atom is -0.465 e. The molecule has 0 saturated carbocycles. The van der Waals surface area contributed by atoms with Crippen molar-refractivity contribution >= 4 is 21.8 Å². The first-order chi connectivity index (χ1) is 14.1. The first-order valence-corrected chi connectivity index (χ1v) is 11.4. The van der Waals surface area contributed by atoms with E-state index in [2.05, 4.69) is 10.3 Å². The molecule has 160 valence electrons. The van der Waals surface area contributed by atoms with Crippen molar-refractivity contribution in [3.8, 4) is 0 Å². The van der Waals surface area contributed by atoms with Crippen LogP contribution in [0, 0.1) is 5.92 Å². The van der Waals surface area contributed by atoms with Gasteiger partial charge in [-0.2, -0.15) is 0 Å². The molecule has 0 radical (unpaired) electrons. The Labute approximate surface area is 175 Å². The van der Waals surface area contributed by atoms with Crippen molar-refractivity contribution < 1.29 is 23.1 Å². The van der Waals surface area contributed by atoms with Gasteiger partial charge in [0, 0.05) is 11.8 Å². The summed E-state index contributed by atoms with van der Waals surface area (Å²) in [4.78, 5) is 29.8. The minimum absolute atomic E-state index is 0.0000640. The molecule has 1 atom stereocenters. The highest BCUT2D eigenvalue weighted by molar-refractivity contribution is 7.91. The second kappa shape index (κ2) is 8.43. The third kappa shape index (κ3) is 4.30. The highest BCUT2D eigenvalue weighted by Gasteiger charge is 2.35. The van der Waals surface area contributed by atoms with E-state index in [1.165, 1.54) is 17.2 Å². The van der Waals surface area contributed by atoms with Gasteiger partial charge >= 0.3 is 6.09 Å². The maximum absolute atomic E-state index is 12.6. The first kappa shape index (κ1) is 21.8. The molecule has 0 bridgehead atoms. The maximum Gasteiger partial charge on any atom is 0.408 e. The standard InChI is InChI=1S/C21H25N3O5S/c1-4-30(28,29)17-7-6-16(22-11-17)10-23-20(25)14-5-8-18-15(9-14)12-24(21(26)27)19(18)13(2)3/h5-9,11,13,19H,4,10,12H2,1-3H3,(H,23,25)(H,26,27)/t19-/m1/s1. The van der Waals surface area contributed by atoms with Crippen molar-refractivity contribution in [3.63, 3.8) is 0 Å². The molecule has 8 nitrogen and oxygen atoms in total. The average Bonchev–Trinajstić information content (AvgIpc) is 3.11. The quantitative estimate of drug-likeness (QED) is 0.726. The molecule has 0 fully saturated rings. The summed E-state index contributed by atoms with van der Waals surface area (Å²) in [6, 6.07) is 8.07. The predicted octanol–water partition coefficient (Wildman–Crippen LogP) is 3.00. The molecule has 1 aromatic heterocycles. The second-order valence-corrected chi connectivity index (χ2v) is 9.86. The number of hydrogen-bond acceptors (Lipinski definition) is 5. The fraction of sp³-hybridized carbons (Fsp3) is 0.381. The molecule has 2 N–H and O–H groups in total. The smallest absolute Gasteiger partial charge is 0.408 e. The first-order valence-electron chi connectivity index (χ1n) is 9.72. The molecule has 0 unspecified atom stereocenters. The fourth-order valence-corrected chi connectivity index (χ4v) is 4.49. The molecule has 0 spiro atoms. The van der Waals surface area contributed by atoms with Crippen LogP contribution >= 0.6 is 0 Å². The van der Waals surface area contributed by atoms with Gasteiger partial charge in [0.15, 0.2) is 9.84 Å². The maximum atomic E-state index is 12.6. The summed E-state index contributed by atoms with van der Waals surface area (Å²) in [5, 5.41) is 12.2. The molecule has 0 saturated heterocycles.